The van der Waals surface area contributed by atoms with E-state index in [2.05, 4.69) is 10.6 Å². The van der Waals surface area contributed by atoms with Gasteiger partial charge in [-0.15, -0.1) is 11.8 Å². The molecule has 0 aliphatic carbocycles. The highest BCUT2D eigenvalue weighted by Crippen LogP contribution is 2.32. The second kappa shape index (κ2) is 6.84. The molecule has 0 unspecified atom stereocenters. The number of hydrogen-bond donors (Lipinski definition) is 2. The lowest BCUT2D eigenvalue weighted by Gasteiger charge is -2.17. The molecule has 0 spiro atoms. The summed E-state index contributed by atoms with van der Waals surface area (Å²) in [5.74, 6) is 1.21. The fourth-order valence-corrected chi connectivity index (χ4v) is 3.10. The highest BCUT2D eigenvalue weighted by Gasteiger charge is 2.17. The molecule has 0 bridgehead atoms. The number of hydrogen-bond acceptors (Lipinski definition) is 5. The van der Waals surface area contributed by atoms with E-state index < -0.39 is 0 Å². The Hall–Kier alpha value is -2.67. The molecule has 1 aliphatic rings. The molecule has 0 fully saturated rings. The molecule has 6 nitrogen and oxygen atoms in total. The summed E-state index contributed by atoms with van der Waals surface area (Å²) in [6.07, 6.45) is 0. The Balaban J connectivity index is 1.83. The lowest BCUT2D eigenvalue weighted by molar-refractivity contribution is -0.113. The smallest absolute Gasteiger partial charge is 0.255 e. The molecule has 2 aromatic rings. The van der Waals surface area contributed by atoms with Gasteiger partial charge >= 0.3 is 0 Å². The molecule has 24 heavy (non-hydrogen) atoms. The van der Waals surface area contributed by atoms with Crippen LogP contribution in [0.1, 0.15) is 10.4 Å². The molecule has 124 valence electrons. The van der Waals surface area contributed by atoms with Crippen LogP contribution in [0.3, 0.4) is 0 Å². The molecule has 1 heterocycles. The zero-order valence-electron chi connectivity index (χ0n) is 13.2. The van der Waals surface area contributed by atoms with Crippen molar-refractivity contribution >= 4 is 35.0 Å². The van der Waals surface area contributed by atoms with Crippen molar-refractivity contribution in [3.63, 3.8) is 0 Å². The summed E-state index contributed by atoms with van der Waals surface area (Å²) in [5.41, 5.74) is 1.68. The van der Waals surface area contributed by atoms with E-state index in [4.69, 9.17) is 9.47 Å². The van der Waals surface area contributed by atoms with Crippen molar-refractivity contribution in [1.29, 1.82) is 0 Å². The van der Waals surface area contributed by atoms with Crippen molar-refractivity contribution in [2.75, 3.05) is 30.6 Å². The molecule has 2 amide bonds. The van der Waals surface area contributed by atoms with E-state index in [1.165, 1.54) is 11.8 Å². The number of methoxy groups -OCH3 is 2. The van der Waals surface area contributed by atoms with Gasteiger partial charge in [0, 0.05) is 34.3 Å². The maximum atomic E-state index is 12.5. The Labute approximate surface area is 143 Å². The van der Waals surface area contributed by atoms with Crippen LogP contribution in [0.25, 0.3) is 0 Å². The van der Waals surface area contributed by atoms with E-state index in [-0.39, 0.29) is 11.8 Å². The molecular weight excluding hydrogens is 328 g/mol. The first-order valence-corrected chi connectivity index (χ1v) is 8.19. The Morgan fingerprint density at radius 3 is 2.50 bits per heavy atom. The maximum Gasteiger partial charge on any atom is 0.255 e. The second-order valence-corrected chi connectivity index (χ2v) is 6.12. The van der Waals surface area contributed by atoms with E-state index in [1.54, 1.807) is 44.6 Å². The Morgan fingerprint density at radius 2 is 1.83 bits per heavy atom. The number of ether oxygens (including phenoxy) is 2. The minimum atomic E-state index is -0.280. The topological polar surface area (TPSA) is 76.7 Å². The van der Waals surface area contributed by atoms with Gasteiger partial charge < -0.3 is 20.1 Å². The summed E-state index contributed by atoms with van der Waals surface area (Å²) >= 11 is 1.45. The largest absolute Gasteiger partial charge is 0.497 e. The summed E-state index contributed by atoms with van der Waals surface area (Å²) in [6.45, 7) is 0. The first-order valence-electron chi connectivity index (χ1n) is 7.20. The van der Waals surface area contributed by atoms with Crippen molar-refractivity contribution < 1.29 is 19.1 Å². The molecule has 0 radical (unpaired) electrons. The summed E-state index contributed by atoms with van der Waals surface area (Å²) < 4.78 is 10.4. The second-order valence-electron chi connectivity index (χ2n) is 5.10. The van der Waals surface area contributed by atoms with Gasteiger partial charge in [0.1, 0.15) is 11.5 Å². The zero-order chi connectivity index (χ0) is 17.1. The number of carbonyl (C=O) groups is 2. The van der Waals surface area contributed by atoms with Crippen LogP contribution in [0.2, 0.25) is 0 Å². The van der Waals surface area contributed by atoms with Gasteiger partial charge in [0.25, 0.3) is 5.91 Å². The van der Waals surface area contributed by atoms with Crippen LogP contribution in [-0.2, 0) is 4.79 Å². The minimum Gasteiger partial charge on any atom is -0.497 e. The predicted molar refractivity (Wildman–Crippen MR) is 93.3 cm³/mol. The van der Waals surface area contributed by atoms with E-state index in [0.29, 0.717) is 34.2 Å². The molecule has 2 N–H and O–H groups in total. The van der Waals surface area contributed by atoms with Crippen LogP contribution < -0.4 is 20.1 Å². The fraction of sp³-hybridized carbons (Fsp3) is 0.176. The van der Waals surface area contributed by atoms with Crippen molar-refractivity contribution in [3.8, 4) is 11.5 Å². The Morgan fingerprint density at radius 1 is 1.12 bits per heavy atom. The number of amides is 2. The SMILES string of the molecule is COc1cc(NC(=O)c2ccc3c(c2)NC(=O)CS3)cc(OC)c1. The number of benzene rings is 2. The fourth-order valence-electron chi connectivity index (χ4n) is 2.31. The number of anilines is 2. The van der Waals surface area contributed by atoms with Crippen LogP contribution in [0, 0.1) is 0 Å². The van der Waals surface area contributed by atoms with Crippen LogP contribution in [-0.4, -0.2) is 31.8 Å². The molecule has 3 rings (SSSR count). The quantitative estimate of drug-likeness (QED) is 0.892. The zero-order valence-corrected chi connectivity index (χ0v) is 14.0. The van der Waals surface area contributed by atoms with Crippen molar-refractivity contribution in [1.82, 2.24) is 0 Å². The lowest BCUT2D eigenvalue weighted by atomic mass is 10.1. The van der Waals surface area contributed by atoms with Crippen LogP contribution >= 0.6 is 11.8 Å². The van der Waals surface area contributed by atoms with Gasteiger partial charge in [-0.05, 0) is 18.2 Å². The van der Waals surface area contributed by atoms with Crippen molar-refractivity contribution in [3.05, 3.63) is 42.0 Å². The van der Waals surface area contributed by atoms with Crippen LogP contribution in [0.5, 0.6) is 11.5 Å². The van der Waals surface area contributed by atoms with Gasteiger partial charge in [0.05, 0.1) is 25.7 Å². The summed E-state index contributed by atoms with van der Waals surface area (Å²) in [5, 5.41) is 5.58. The Bertz CT molecular complexity index is 785. The first kappa shape index (κ1) is 16.2. The van der Waals surface area contributed by atoms with Gasteiger partial charge in [-0.3, -0.25) is 9.59 Å². The maximum absolute atomic E-state index is 12.5. The first-order chi connectivity index (χ1) is 11.6. The normalized spacial score (nSPS) is 12.8. The van der Waals surface area contributed by atoms with Gasteiger partial charge in [0.15, 0.2) is 0 Å². The van der Waals surface area contributed by atoms with E-state index in [9.17, 15) is 9.59 Å². The summed E-state index contributed by atoms with van der Waals surface area (Å²) in [6, 6.07) is 10.4. The average molecular weight is 344 g/mol. The predicted octanol–water partition coefficient (Wildman–Crippen LogP) is 3.00. The monoisotopic (exact) mass is 344 g/mol. The van der Waals surface area contributed by atoms with E-state index >= 15 is 0 Å². The van der Waals surface area contributed by atoms with Gasteiger partial charge in [-0.1, -0.05) is 0 Å². The number of fused-ring (bicyclic) bond motifs is 1. The molecule has 2 aromatic carbocycles. The van der Waals surface area contributed by atoms with E-state index in [0.717, 1.165) is 4.90 Å². The molecule has 0 atom stereocenters. The minimum absolute atomic E-state index is 0.0670. The molecular formula is C17H16N2O4S. The van der Waals surface area contributed by atoms with Crippen LogP contribution in [0.15, 0.2) is 41.3 Å². The highest BCUT2D eigenvalue weighted by molar-refractivity contribution is 8.00. The third-order valence-electron chi connectivity index (χ3n) is 3.48. The number of rotatable bonds is 4. The van der Waals surface area contributed by atoms with Crippen molar-refractivity contribution in [2.24, 2.45) is 0 Å². The third-order valence-corrected chi connectivity index (χ3v) is 4.56. The van der Waals surface area contributed by atoms with Gasteiger partial charge in [0.2, 0.25) is 5.91 Å². The average Bonchev–Trinajstić information content (AvgIpc) is 2.60. The number of nitrogens with one attached hydrogen (secondary N) is 2. The molecule has 0 saturated heterocycles. The molecule has 7 heteroatoms. The molecule has 0 saturated carbocycles. The summed E-state index contributed by atoms with van der Waals surface area (Å²) in [7, 11) is 3.09. The summed E-state index contributed by atoms with van der Waals surface area (Å²) in [4.78, 5) is 24.9. The van der Waals surface area contributed by atoms with E-state index in [1.807, 2.05) is 6.07 Å². The lowest BCUT2D eigenvalue weighted by Crippen LogP contribution is -2.19. The molecule has 0 aromatic heterocycles. The van der Waals surface area contributed by atoms with Crippen molar-refractivity contribution in [2.45, 2.75) is 4.90 Å². The van der Waals surface area contributed by atoms with Crippen LogP contribution in [0.4, 0.5) is 11.4 Å². The third kappa shape index (κ3) is 3.46. The number of thioether (sulfide) groups is 1. The number of carbonyl (C=O) groups excluding carboxylic acids is 2. The Kier molecular flexibility index (Phi) is 4.61. The molecule has 1 aliphatic heterocycles. The van der Waals surface area contributed by atoms with Gasteiger partial charge in [-0.25, -0.2) is 0 Å². The van der Waals surface area contributed by atoms with Gasteiger partial charge in [-0.2, -0.15) is 0 Å². The standard InChI is InChI=1S/C17H16N2O4S/c1-22-12-6-11(7-13(8-12)23-2)18-17(21)10-3-4-15-14(5-10)19-16(20)9-24-15/h3-8H,9H2,1-2H3,(H,18,21)(H,19,20). The highest BCUT2D eigenvalue weighted by atomic mass is 32.2.